The topological polar surface area (TPSA) is 82.8 Å². The second-order valence-corrected chi connectivity index (χ2v) is 12.8. The highest BCUT2D eigenvalue weighted by Crippen LogP contribution is 2.39. The summed E-state index contributed by atoms with van der Waals surface area (Å²) < 4.78 is 21.9. The predicted octanol–water partition coefficient (Wildman–Crippen LogP) is 6.72. The van der Waals surface area contributed by atoms with E-state index in [1.54, 1.807) is 0 Å². The molecule has 0 atom stereocenters. The highest BCUT2D eigenvalue weighted by Gasteiger charge is 2.28. The maximum atomic E-state index is 13.9. The summed E-state index contributed by atoms with van der Waals surface area (Å²) >= 11 is 3.77. The Morgan fingerprint density at radius 2 is 1.79 bits per heavy atom. The molecule has 3 aromatic carbocycles. The van der Waals surface area contributed by atoms with Crippen LogP contribution >= 0.6 is 15.9 Å². The largest absolute Gasteiger partial charge is 0.493 e. The summed E-state index contributed by atoms with van der Waals surface area (Å²) in [5, 5.41) is 12.3. The van der Waals surface area contributed by atoms with E-state index in [9.17, 15) is 4.79 Å². The van der Waals surface area contributed by atoms with E-state index in [0.29, 0.717) is 37.2 Å². The minimum atomic E-state index is -0.283. The van der Waals surface area contributed by atoms with Crippen molar-refractivity contribution in [2.75, 3.05) is 53.1 Å². The molecule has 0 amide bonds. The van der Waals surface area contributed by atoms with E-state index < -0.39 is 0 Å². The maximum Gasteiger partial charge on any atom is 0.355 e. The lowest BCUT2D eigenvalue weighted by Gasteiger charge is -2.26. The predicted molar refractivity (Wildman–Crippen MR) is 195 cm³/mol. The van der Waals surface area contributed by atoms with E-state index in [-0.39, 0.29) is 5.97 Å². The van der Waals surface area contributed by atoms with Crippen molar-refractivity contribution < 1.29 is 19.0 Å². The summed E-state index contributed by atoms with van der Waals surface area (Å²) in [6, 6.07) is 20.9. The van der Waals surface area contributed by atoms with Crippen molar-refractivity contribution in [2.24, 2.45) is 7.05 Å². The molecule has 0 radical (unpaired) electrons. The van der Waals surface area contributed by atoms with Gasteiger partial charge in [-0.2, -0.15) is 5.10 Å². The number of aromatic nitrogens is 3. The maximum absolute atomic E-state index is 13.9. The van der Waals surface area contributed by atoms with Crippen LogP contribution in [0.2, 0.25) is 0 Å². The second-order valence-electron chi connectivity index (χ2n) is 12.2. The first-order chi connectivity index (χ1) is 23.5. The first-order valence-corrected chi connectivity index (χ1v) is 18.1. The van der Waals surface area contributed by atoms with E-state index in [1.165, 1.54) is 0 Å². The molecule has 0 aliphatic carbocycles. The summed E-state index contributed by atoms with van der Waals surface area (Å²) in [6.45, 7) is 8.17. The summed E-state index contributed by atoms with van der Waals surface area (Å²) in [5.41, 5.74) is 7.06. The smallest absolute Gasteiger partial charge is 0.355 e. The first kappa shape index (κ1) is 34.2. The minimum Gasteiger partial charge on any atom is -0.493 e. The van der Waals surface area contributed by atoms with Crippen molar-refractivity contribution in [3.8, 4) is 16.9 Å². The Morgan fingerprint density at radius 1 is 1.02 bits per heavy atom. The van der Waals surface area contributed by atoms with Crippen LogP contribution in [0.5, 0.6) is 5.75 Å². The number of rotatable bonds is 15. The van der Waals surface area contributed by atoms with Gasteiger partial charge in [0, 0.05) is 60.5 Å². The monoisotopic (exact) mass is 715 g/mol. The Kier molecular flexibility index (Phi) is 11.5. The normalized spacial score (nSPS) is 13.8. The fourth-order valence-corrected chi connectivity index (χ4v) is 7.57. The molecule has 6 rings (SSSR count). The summed E-state index contributed by atoms with van der Waals surface area (Å²) in [5.74, 6) is 0.594. The molecule has 2 aromatic heterocycles. The molecule has 1 aliphatic rings. The Balaban J connectivity index is 1.43. The molecule has 0 spiro atoms. The number of hydrogen-bond donors (Lipinski definition) is 1. The summed E-state index contributed by atoms with van der Waals surface area (Å²) in [6.07, 6.45) is 2.29. The van der Waals surface area contributed by atoms with Gasteiger partial charge in [0.15, 0.2) is 0 Å². The Labute approximate surface area is 291 Å². The molecule has 0 saturated carbocycles. The number of nitrogens with one attached hydrogen (secondary N) is 1. The van der Waals surface area contributed by atoms with Crippen LogP contribution in [-0.2, 0) is 41.4 Å². The van der Waals surface area contributed by atoms with Crippen LogP contribution < -0.4 is 10.1 Å². The molecule has 0 unspecified atom stereocenters. The van der Waals surface area contributed by atoms with Crippen LogP contribution in [0.4, 0.5) is 0 Å². The van der Waals surface area contributed by atoms with Gasteiger partial charge in [-0.25, -0.2) is 4.79 Å². The lowest BCUT2D eigenvalue weighted by molar-refractivity contribution is 0.0336. The van der Waals surface area contributed by atoms with Gasteiger partial charge in [-0.05, 0) is 56.8 Å². The Bertz CT molecular complexity index is 1850. The number of halogens is 1. The van der Waals surface area contributed by atoms with Crippen LogP contribution in [0.3, 0.4) is 0 Å². The molecule has 48 heavy (non-hydrogen) atoms. The molecule has 1 fully saturated rings. The molecule has 5 aromatic rings. The molecule has 10 heteroatoms. The van der Waals surface area contributed by atoms with Gasteiger partial charge in [0.2, 0.25) is 0 Å². The third kappa shape index (κ3) is 7.17. The van der Waals surface area contributed by atoms with E-state index in [4.69, 9.17) is 19.3 Å². The number of aryl methyl sites for hydroxylation is 3. The lowest BCUT2D eigenvalue weighted by atomic mass is 9.98. The van der Waals surface area contributed by atoms with Crippen LogP contribution in [0, 0.1) is 0 Å². The van der Waals surface area contributed by atoms with Crippen molar-refractivity contribution in [3.05, 3.63) is 83.3 Å². The van der Waals surface area contributed by atoms with Gasteiger partial charge in [0.25, 0.3) is 0 Å². The number of nitrogens with zero attached hydrogens (tertiary/aromatic N) is 4. The standard InChI is InChI=1S/C38H46BrN5O4/c1-4-47-38(45)37-30(16-9-22-48-34-17-7-12-27-11-5-6-13-28(27)34)29-14-8-15-31(36(29)44(37)19-10-18-40-2)35-32(41-42(3)33(35)25-39)26-43-20-23-46-24-21-43/h5-8,11-15,17,40H,4,9-10,16,18-26H2,1-3H3. The Hall–Kier alpha value is -3.70. The van der Waals surface area contributed by atoms with Crippen molar-refractivity contribution in [2.45, 2.75) is 44.6 Å². The van der Waals surface area contributed by atoms with Crippen molar-refractivity contribution >= 4 is 43.6 Å². The molecular weight excluding hydrogens is 670 g/mol. The van der Waals surface area contributed by atoms with E-state index >= 15 is 0 Å². The molecular formula is C38H46BrN5O4. The highest BCUT2D eigenvalue weighted by atomic mass is 79.9. The summed E-state index contributed by atoms with van der Waals surface area (Å²) in [4.78, 5) is 16.3. The van der Waals surface area contributed by atoms with Gasteiger partial charge in [0.05, 0.1) is 43.3 Å². The van der Waals surface area contributed by atoms with Gasteiger partial charge in [-0.1, -0.05) is 70.5 Å². The number of alkyl halides is 1. The van der Waals surface area contributed by atoms with Crippen LogP contribution in [0.25, 0.3) is 32.8 Å². The SMILES string of the molecule is CCOC(=O)c1c(CCCOc2cccc3ccccc23)c2cccc(-c3c(CN4CCOCC4)nn(C)c3CBr)c2n1CCCNC. The fourth-order valence-electron chi connectivity index (χ4n) is 6.92. The zero-order valence-electron chi connectivity index (χ0n) is 28.3. The van der Waals surface area contributed by atoms with E-state index in [1.807, 2.05) is 50.0 Å². The average Bonchev–Trinajstić information content (AvgIpc) is 3.60. The van der Waals surface area contributed by atoms with E-state index in [2.05, 4.69) is 67.1 Å². The zero-order chi connectivity index (χ0) is 33.5. The van der Waals surface area contributed by atoms with Crippen LogP contribution in [0.15, 0.2) is 60.7 Å². The number of morpholine rings is 1. The third-order valence-electron chi connectivity index (χ3n) is 9.15. The number of carbonyl (C=O) groups is 1. The fraction of sp³-hybridized carbons (Fsp3) is 0.421. The third-order valence-corrected chi connectivity index (χ3v) is 9.69. The summed E-state index contributed by atoms with van der Waals surface area (Å²) in [7, 11) is 3.98. The van der Waals surface area contributed by atoms with Gasteiger partial charge in [-0.15, -0.1) is 0 Å². The van der Waals surface area contributed by atoms with Crippen LogP contribution in [0.1, 0.15) is 47.2 Å². The van der Waals surface area contributed by atoms with Crippen molar-refractivity contribution in [3.63, 3.8) is 0 Å². The number of carbonyl (C=O) groups excluding carboxylic acids is 1. The molecule has 254 valence electrons. The molecule has 3 heterocycles. The number of benzene rings is 3. The molecule has 0 bridgehead atoms. The number of esters is 1. The quantitative estimate of drug-likeness (QED) is 0.0732. The highest BCUT2D eigenvalue weighted by molar-refractivity contribution is 9.08. The second kappa shape index (κ2) is 16.1. The molecule has 1 saturated heterocycles. The number of fused-ring (bicyclic) bond motifs is 2. The van der Waals surface area contributed by atoms with Crippen molar-refractivity contribution in [1.82, 2.24) is 24.6 Å². The molecule has 9 nitrogen and oxygen atoms in total. The number of ether oxygens (including phenoxy) is 3. The van der Waals surface area contributed by atoms with Gasteiger partial charge in [0.1, 0.15) is 11.4 Å². The zero-order valence-corrected chi connectivity index (χ0v) is 29.9. The molecule has 1 N–H and O–H groups in total. The van der Waals surface area contributed by atoms with Crippen LogP contribution in [-0.4, -0.2) is 78.3 Å². The average molecular weight is 717 g/mol. The molecule has 1 aliphatic heterocycles. The number of hydrogen-bond acceptors (Lipinski definition) is 7. The number of para-hydroxylation sites is 1. The Morgan fingerprint density at radius 3 is 2.58 bits per heavy atom. The van der Waals surface area contributed by atoms with Gasteiger partial charge in [-0.3, -0.25) is 9.58 Å². The van der Waals surface area contributed by atoms with Crippen molar-refractivity contribution in [1.29, 1.82) is 0 Å². The van der Waals surface area contributed by atoms with E-state index in [0.717, 1.165) is 108 Å². The minimum absolute atomic E-state index is 0.283. The van der Waals surface area contributed by atoms with Gasteiger partial charge >= 0.3 is 5.97 Å². The first-order valence-electron chi connectivity index (χ1n) is 17.0. The van der Waals surface area contributed by atoms with Gasteiger partial charge < -0.3 is 24.1 Å². The lowest BCUT2D eigenvalue weighted by Crippen LogP contribution is -2.35.